The molecule has 1 heterocycles. The van der Waals surface area contributed by atoms with Crippen molar-refractivity contribution in [2.75, 3.05) is 6.54 Å². The lowest BCUT2D eigenvalue weighted by Crippen LogP contribution is -2.28. The van der Waals surface area contributed by atoms with Crippen LogP contribution < -0.4 is 5.32 Å². The highest BCUT2D eigenvalue weighted by molar-refractivity contribution is 6.31. The highest BCUT2D eigenvalue weighted by Gasteiger charge is 2.15. The third-order valence-electron chi connectivity index (χ3n) is 4.03. The Morgan fingerprint density at radius 1 is 1.18 bits per heavy atom. The molecule has 0 aliphatic heterocycles. The number of carbonyl (C=O) groups is 1. The Hall–Kier alpha value is -2.00. The van der Waals surface area contributed by atoms with Gasteiger partial charge in [0, 0.05) is 33.4 Å². The topological polar surface area (TPSA) is 44.9 Å². The Labute approximate surface area is 134 Å². The van der Waals surface area contributed by atoms with Crippen LogP contribution >= 0.6 is 11.6 Å². The quantitative estimate of drug-likeness (QED) is 0.726. The third-order valence-corrected chi connectivity index (χ3v) is 4.26. The first-order valence-electron chi connectivity index (χ1n) is 7.58. The molecule has 1 atom stereocenters. The predicted octanol–water partition coefficient (Wildman–Crippen LogP) is 4.60. The molecule has 0 spiro atoms. The zero-order valence-corrected chi connectivity index (χ0v) is 13.5. The van der Waals surface area contributed by atoms with Crippen molar-refractivity contribution in [2.24, 2.45) is 0 Å². The molecule has 0 unspecified atom stereocenters. The van der Waals surface area contributed by atoms with E-state index in [-0.39, 0.29) is 11.8 Å². The van der Waals surface area contributed by atoms with Gasteiger partial charge in [0.2, 0.25) is 5.91 Å². The van der Waals surface area contributed by atoms with E-state index in [1.807, 2.05) is 38.1 Å². The van der Waals surface area contributed by atoms with Crippen LogP contribution in [-0.2, 0) is 4.79 Å². The van der Waals surface area contributed by atoms with E-state index in [2.05, 4.69) is 22.4 Å². The number of rotatable bonds is 4. The maximum atomic E-state index is 12.1. The summed E-state index contributed by atoms with van der Waals surface area (Å²) in [6.45, 7) is 4.70. The van der Waals surface area contributed by atoms with E-state index < -0.39 is 0 Å². The van der Waals surface area contributed by atoms with Gasteiger partial charge in [-0.1, -0.05) is 30.7 Å². The highest BCUT2D eigenvalue weighted by atomic mass is 35.5. The molecule has 4 heteroatoms. The van der Waals surface area contributed by atoms with Crippen molar-refractivity contribution in [3.8, 4) is 0 Å². The molecule has 3 aromatic rings. The molecule has 0 aliphatic carbocycles. The number of hydrogen-bond donors (Lipinski definition) is 2. The van der Waals surface area contributed by atoms with E-state index in [1.54, 1.807) is 0 Å². The van der Waals surface area contributed by atoms with Crippen LogP contribution in [0.3, 0.4) is 0 Å². The predicted molar refractivity (Wildman–Crippen MR) is 92.5 cm³/mol. The number of nitrogens with one attached hydrogen (secondary N) is 2. The standard InChI is InChI=1S/C18H19ClN2O/c1-3-8-20-18(22)11(2)12-4-6-14-15-10-13(19)5-7-16(15)21-17(14)9-12/h4-7,9-11,21H,3,8H2,1-2H3,(H,20,22)/t11-/m0/s1. The van der Waals surface area contributed by atoms with Crippen molar-refractivity contribution >= 4 is 39.3 Å². The van der Waals surface area contributed by atoms with E-state index in [9.17, 15) is 4.79 Å². The van der Waals surface area contributed by atoms with E-state index >= 15 is 0 Å². The fourth-order valence-corrected chi connectivity index (χ4v) is 2.89. The smallest absolute Gasteiger partial charge is 0.227 e. The van der Waals surface area contributed by atoms with Gasteiger partial charge >= 0.3 is 0 Å². The van der Waals surface area contributed by atoms with Gasteiger partial charge in [0.05, 0.1) is 5.92 Å². The Bertz CT molecular complexity index is 838. The number of amides is 1. The average molecular weight is 315 g/mol. The average Bonchev–Trinajstić information content (AvgIpc) is 2.88. The molecular weight excluding hydrogens is 296 g/mol. The molecule has 1 aromatic heterocycles. The lowest BCUT2D eigenvalue weighted by molar-refractivity contribution is -0.122. The van der Waals surface area contributed by atoms with Gasteiger partial charge in [-0.15, -0.1) is 0 Å². The molecule has 3 nitrogen and oxygen atoms in total. The molecule has 0 saturated heterocycles. The largest absolute Gasteiger partial charge is 0.356 e. The Balaban J connectivity index is 1.99. The molecule has 0 saturated carbocycles. The molecule has 2 aromatic carbocycles. The highest BCUT2D eigenvalue weighted by Crippen LogP contribution is 2.30. The summed E-state index contributed by atoms with van der Waals surface area (Å²) in [4.78, 5) is 15.5. The SMILES string of the molecule is CCCNC(=O)[C@@H](C)c1ccc2c(c1)[nH]c1ccc(Cl)cc12. The number of aromatic nitrogens is 1. The molecule has 0 bridgehead atoms. The Kier molecular flexibility index (Phi) is 4.08. The molecule has 1 amide bonds. The number of benzene rings is 2. The molecule has 3 rings (SSSR count). The van der Waals surface area contributed by atoms with Crippen LogP contribution in [0.25, 0.3) is 21.8 Å². The number of H-pyrrole nitrogens is 1. The summed E-state index contributed by atoms with van der Waals surface area (Å²) in [7, 11) is 0. The zero-order valence-electron chi connectivity index (χ0n) is 12.7. The first-order valence-corrected chi connectivity index (χ1v) is 7.96. The molecule has 0 aliphatic rings. The minimum absolute atomic E-state index is 0.0698. The number of aromatic amines is 1. The monoisotopic (exact) mass is 314 g/mol. The summed E-state index contributed by atoms with van der Waals surface area (Å²) >= 11 is 6.08. The van der Waals surface area contributed by atoms with Crippen molar-refractivity contribution in [3.05, 3.63) is 47.0 Å². The second-order valence-corrected chi connectivity index (χ2v) is 6.07. The van der Waals surface area contributed by atoms with Gasteiger partial charge in [0.15, 0.2) is 0 Å². The fourth-order valence-electron chi connectivity index (χ4n) is 2.72. The number of fused-ring (bicyclic) bond motifs is 3. The van der Waals surface area contributed by atoms with Crippen LogP contribution in [0, 0.1) is 0 Å². The normalized spacial score (nSPS) is 12.7. The molecular formula is C18H19ClN2O. The van der Waals surface area contributed by atoms with Gasteiger partial charge in [-0.05, 0) is 43.2 Å². The molecule has 0 radical (unpaired) electrons. The van der Waals surface area contributed by atoms with Crippen LogP contribution in [0.1, 0.15) is 31.7 Å². The lowest BCUT2D eigenvalue weighted by atomic mass is 9.98. The van der Waals surface area contributed by atoms with Gasteiger partial charge in [0.1, 0.15) is 0 Å². The summed E-state index contributed by atoms with van der Waals surface area (Å²) in [5.41, 5.74) is 3.10. The number of carbonyl (C=O) groups excluding carboxylic acids is 1. The number of halogens is 1. The molecule has 114 valence electrons. The van der Waals surface area contributed by atoms with E-state index in [4.69, 9.17) is 11.6 Å². The van der Waals surface area contributed by atoms with Crippen molar-refractivity contribution in [3.63, 3.8) is 0 Å². The van der Waals surface area contributed by atoms with Crippen LogP contribution in [0.5, 0.6) is 0 Å². The van der Waals surface area contributed by atoms with Crippen molar-refractivity contribution in [1.29, 1.82) is 0 Å². The van der Waals surface area contributed by atoms with Gasteiger partial charge in [0.25, 0.3) is 0 Å². The van der Waals surface area contributed by atoms with Crippen molar-refractivity contribution in [1.82, 2.24) is 10.3 Å². The maximum absolute atomic E-state index is 12.1. The van der Waals surface area contributed by atoms with Crippen molar-refractivity contribution < 1.29 is 4.79 Å². The summed E-state index contributed by atoms with van der Waals surface area (Å²) in [6.07, 6.45) is 0.945. The second kappa shape index (κ2) is 6.01. The molecule has 22 heavy (non-hydrogen) atoms. The lowest BCUT2D eigenvalue weighted by Gasteiger charge is -2.12. The zero-order chi connectivity index (χ0) is 15.7. The van der Waals surface area contributed by atoms with Gasteiger partial charge < -0.3 is 10.3 Å². The van der Waals surface area contributed by atoms with Crippen LogP contribution in [0.4, 0.5) is 0 Å². The van der Waals surface area contributed by atoms with Gasteiger partial charge in [-0.3, -0.25) is 4.79 Å². The summed E-state index contributed by atoms with van der Waals surface area (Å²) in [6, 6.07) is 12.0. The van der Waals surface area contributed by atoms with Crippen molar-refractivity contribution in [2.45, 2.75) is 26.2 Å². The number of hydrogen-bond acceptors (Lipinski definition) is 1. The van der Waals surface area contributed by atoms with E-state index in [0.29, 0.717) is 0 Å². The van der Waals surface area contributed by atoms with Crippen LogP contribution in [-0.4, -0.2) is 17.4 Å². The summed E-state index contributed by atoms with van der Waals surface area (Å²) in [5.74, 6) is -0.0914. The Morgan fingerprint density at radius 3 is 2.77 bits per heavy atom. The first-order chi connectivity index (χ1) is 10.6. The Morgan fingerprint density at radius 2 is 2.00 bits per heavy atom. The molecule has 2 N–H and O–H groups in total. The van der Waals surface area contributed by atoms with Gasteiger partial charge in [-0.25, -0.2) is 0 Å². The van der Waals surface area contributed by atoms with Crippen LogP contribution in [0.2, 0.25) is 5.02 Å². The minimum Gasteiger partial charge on any atom is -0.356 e. The fraction of sp³-hybridized carbons (Fsp3) is 0.278. The van der Waals surface area contributed by atoms with Gasteiger partial charge in [-0.2, -0.15) is 0 Å². The minimum atomic E-state index is -0.161. The summed E-state index contributed by atoms with van der Waals surface area (Å²) in [5, 5.41) is 5.91. The second-order valence-electron chi connectivity index (χ2n) is 5.63. The van der Waals surface area contributed by atoms with E-state index in [1.165, 1.54) is 0 Å². The third kappa shape index (κ3) is 2.69. The summed E-state index contributed by atoms with van der Waals surface area (Å²) < 4.78 is 0. The van der Waals surface area contributed by atoms with Crippen LogP contribution in [0.15, 0.2) is 36.4 Å². The maximum Gasteiger partial charge on any atom is 0.227 e. The van der Waals surface area contributed by atoms with E-state index in [0.717, 1.165) is 45.4 Å². The molecule has 0 fully saturated rings. The first kappa shape index (κ1) is 14.9.